The van der Waals surface area contributed by atoms with Crippen molar-refractivity contribution in [2.75, 3.05) is 12.3 Å². The Morgan fingerprint density at radius 1 is 1.18 bits per heavy atom. The molecule has 3 nitrogen and oxygen atoms in total. The Balaban J connectivity index is 1.77. The monoisotopic (exact) mass is 259 g/mol. The second-order valence-electron chi connectivity index (χ2n) is 6.67. The summed E-state index contributed by atoms with van der Waals surface area (Å²) in [6, 6.07) is 0.587. The Morgan fingerprint density at radius 3 is 2.35 bits per heavy atom. The highest BCUT2D eigenvalue weighted by atomic mass is 32.2. The summed E-state index contributed by atoms with van der Waals surface area (Å²) in [4.78, 5) is 0. The van der Waals surface area contributed by atoms with Gasteiger partial charge in [0.25, 0.3) is 0 Å². The molecule has 0 saturated heterocycles. The number of hydrogen-bond acceptors (Lipinski definition) is 3. The summed E-state index contributed by atoms with van der Waals surface area (Å²) in [6.07, 6.45) is 5.36. The van der Waals surface area contributed by atoms with Crippen LogP contribution in [0, 0.1) is 11.8 Å². The van der Waals surface area contributed by atoms with E-state index >= 15 is 0 Å². The summed E-state index contributed by atoms with van der Waals surface area (Å²) in [6.45, 7) is 5.95. The van der Waals surface area contributed by atoms with Gasteiger partial charge in [0.05, 0.1) is 10.5 Å². The van der Waals surface area contributed by atoms with Crippen molar-refractivity contribution in [3.8, 4) is 0 Å². The van der Waals surface area contributed by atoms with Crippen molar-refractivity contribution >= 4 is 9.84 Å². The zero-order valence-electron chi connectivity index (χ0n) is 11.2. The molecule has 0 aromatic rings. The van der Waals surface area contributed by atoms with Gasteiger partial charge in [-0.1, -0.05) is 6.42 Å². The molecule has 0 aliphatic heterocycles. The molecule has 2 aliphatic carbocycles. The minimum atomic E-state index is -2.96. The first kappa shape index (κ1) is 13.3. The summed E-state index contributed by atoms with van der Waals surface area (Å²) in [7, 11) is -2.96. The van der Waals surface area contributed by atoms with Gasteiger partial charge in [0, 0.05) is 12.6 Å². The Kier molecular flexibility index (Phi) is 3.56. The molecule has 100 valence electrons. The number of fused-ring (bicyclic) bond motifs is 2. The van der Waals surface area contributed by atoms with E-state index in [0.29, 0.717) is 12.6 Å². The highest BCUT2D eigenvalue weighted by Gasteiger charge is 2.39. The first-order chi connectivity index (χ1) is 7.79. The summed E-state index contributed by atoms with van der Waals surface area (Å²) >= 11 is 0. The van der Waals surface area contributed by atoms with Crippen LogP contribution < -0.4 is 5.32 Å². The lowest BCUT2D eigenvalue weighted by atomic mass is 9.95. The molecule has 2 bridgehead atoms. The fourth-order valence-corrected chi connectivity index (χ4v) is 4.18. The van der Waals surface area contributed by atoms with E-state index in [1.807, 2.05) is 0 Å². The quantitative estimate of drug-likeness (QED) is 0.839. The van der Waals surface area contributed by atoms with E-state index in [1.54, 1.807) is 20.8 Å². The van der Waals surface area contributed by atoms with Crippen molar-refractivity contribution in [3.05, 3.63) is 0 Å². The average molecular weight is 259 g/mol. The van der Waals surface area contributed by atoms with Crippen LogP contribution in [0.2, 0.25) is 0 Å². The fourth-order valence-electron chi connectivity index (χ4n) is 3.18. The third-order valence-electron chi connectivity index (χ3n) is 4.45. The van der Waals surface area contributed by atoms with E-state index in [9.17, 15) is 8.42 Å². The number of rotatable bonds is 4. The van der Waals surface area contributed by atoms with Gasteiger partial charge in [-0.3, -0.25) is 0 Å². The Morgan fingerprint density at radius 2 is 1.88 bits per heavy atom. The molecular formula is C13H25NO2S. The molecule has 0 aromatic carbocycles. The standard InChI is InChI=1S/C13H25NO2S/c1-13(2,3)17(15,16)7-6-14-12-9-10-4-5-11(12)8-10/h10-12,14H,4-9H2,1-3H3. The number of hydrogen-bond donors (Lipinski definition) is 1. The fraction of sp³-hybridized carbons (Fsp3) is 1.00. The molecule has 4 heteroatoms. The minimum absolute atomic E-state index is 0.268. The van der Waals surface area contributed by atoms with Crippen LogP contribution in [0.1, 0.15) is 46.5 Å². The van der Waals surface area contributed by atoms with E-state index in [2.05, 4.69) is 5.32 Å². The van der Waals surface area contributed by atoms with Gasteiger partial charge < -0.3 is 5.32 Å². The normalized spacial score (nSPS) is 33.2. The maximum atomic E-state index is 11.9. The lowest BCUT2D eigenvalue weighted by Crippen LogP contribution is -2.40. The molecule has 3 unspecified atom stereocenters. The van der Waals surface area contributed by atoms with Gasteiger partial charge in [-0.2, -0.15) is 0 Å². The van der Waals surface area contributed by atoms with E-state index < -0.39 is 14.6 Å². The van der Waals surface area contributed by atoms with Crippen LogP contribution in [0.5, 0.6) is 0 Å². The minimum Gasteiger partial charge on any atom is -0.313 e. The third-order valence-corrected chi connectivity index (χ3v) is 7.06. The Labute approximate surface area is 105 Å². The smallest absolute Gasteiger partial charge is 0.156 e. The first-order valence-electron chi connectivity index (χ1n) is 6.75. The van der Waals surface area contributed by atoms with Crippen molar-refractivity contribution in [1.29, 1.82) is 0 Å². The molecular weight excluding hydrogens is 234 g/mol. The Hall–Kier alpha value is -0.0900. The zero-order valence-corrected chi connectivity index (χ0v) is 12.0. The molecule has 0 radical (unpaired) electrons. The summed E-state index contributed by atoms with van der Waals surface area (Å²) < 4.78 is 23.3. The van der Waals surface area contributed by atoms with Crippen LogP contribution in [-0.2, 0) is 9.84 Å². The predicted molar refractivity (Wildman–Crippen MR) is 70.8 cm³/mol. The van der Waals surface area contributed by atoms with Gasteiger partial charge in [-0.25, -0.2) is 8.42 Å². The van der Waals surface area contributed by atoms with Gasteiger partial charge in [0.2, 0.25) is 0 Å². The Bertz CT molecular complexity index is 369. The van der Waals surface area contributed by atoms with Crippen LogP contribution in [0.15, 0.2) is 0 Å². The molecule has 2 saturated carbocycles. The molecule has 0 heterocycles. The largest absolute Gasteiger partial charge is 0.313 e. The summed E-state index contributed by atoms with van der Waals surface area (Å²) in [5.41, 5.74) is 0. The van der Waals surface area contributed by atoms with Crippen molar-refractivity contribution in [3.63, 3.8) is 0 Å². The molecule has 3 atom stereocenters. The lowest BCUT2D eigenvalue weighted by molar-refractivity contribution is 0.358. The topological polar surface area (TPSA) is 46.2 Å². The van der Waals surface area contributed by atoms with E-state index in [4.69, 9.17) is 0 Å². The average Bonchev–Trinajstić information content (AvgIpc) is 2.76. The van der Waals surface area contributed by atoms with Crippen LogP contribution in [0.3, 0.4) is 0 Å². The van der Waals surface area contributed by atoms with Crippen molar-refractivity contribution in [2.24, 2.45) is 11.8 Å². The van der Waals surface area contributed by atoms with E-state index in [1.165, 1.54) is 25.7 Å². The highest BCUT2D eigenvalue weighted by molar-refractivity contribution is 7.92. The number of nitrogens with one attached hydrogen (secondary N) is 1. The molecule has 2 aliphatic rings. The van der Waals surface area contributed by atoms with Gasteiger partial charge in [-0.05, 0) is 51.9 Å². The summed E-state index contributed by atoms with van der Waals surface area (Å²) in [5.74, 6) is 2.00. The third kappa shape index (κ3) is 2.84. The van der Waals surface area contributed by atoms with Crippen LogP contribution in [0.4, 0.5) is 0 Å². The second-order valence-corrected chi connectivity index (χ2v) is 9.53. The second kappa shape index (κ2) is 4.54. The molecule has 0 amide bonds. The number of sulfone groups is 1. The van der Waals surface area contributed by atoms with Crippen molar-refractivity contribution < 1.29 is 8.42 Å². The molecule has 2 rings (SSSR count). The SMILES string of the molecule is CC(C)(C)S(=O)(=O)CCNC1CC2CCC1C2. The molecule has 2 fully saturated rings. The molecule has 17 heavy (non-hydrogen) atoms. The molecule has 1 N–H and O–H groups in total. The molecule has 0 aromatic heterocycles. The van der Waals surface area contributed by atoms with Crippen molar-refractivity contribution in [1.82, 2.24) is 5.32 Å². The first-order valence-corrected chi connectivity index (χ1v) is 8.40. The van der Waals surface area contributed by atoms with Crippen LogP contribution in [-0.4, -0.2) is 31.5 Å². The van der Waals surface area contributed by atoms with Gasteiger partial charge in [0.1, 0.15) is 0 Å². The van der Waals surface area contributed by atoms with Gasteiger partial charge >= 0.3 is 0 Å². The van der Waals surface area contributed by atoms with Crippen LogP contribution >= 0.6 is 0 Å². The van der Waals surface area contributed by atoms with E-state index in [-0.39, 0.29) is 5.75 Å². The van der Waals surface area contributed by atoms with Crippen LogP contribution in [0.25, 0.3) is 0 Å². The highest BCUT2D eigenvalue weighted by Crippen LogP contribution is 2.44. The lowest BCUT2D eigenvalue weighted by Gasteiger charge is -2.24. The molecule has 0 spiro atoms. The maximum absolute atomic E-state index is 11.9. The van der Waals surface area contributed by atoms with Gasteiger partial charge in [-0.15, -0.1) is 0 Å². The van der Waals surface area contributed by atoms with E-state index in [0.717, 1.165) is 11.8 Å². The summed E-state index contributed by atoms with van der Waals surface area (Å²) in [5, 5.41) is 3.46. The van der Waals surface area contributed by atoms with Gasteiger partial charge in [0.15, 0.2) is 9.84 Å². The predicted octanol–water partition coefficient (Wildman–Crippen LogP) is 1.98. The maximum Gasteiger partial charge on any atom is 0.156 e. The zero-order chi connectivity index (χ0) is 12.7. The van der Waals surface area contributed by atoms with Crippen molar-refractivity contribution in [2.45, 2.75) is 57.2 Å².